The second-order valence-electron chi connectivity index (χ2n) is 7.32. The van der Waals surface area contributed by atoms with Crippen molar-refractivity contribution in [2.45, 2.75) is 25.8 Å². The Bertz CT molecular complexity index is 1290. The van der Waals surface area contributed by atoms with Gasteiger partial charge in [-0.3, -0.25) is 4.79 Å². The van der Waals surface area contributed by atoms with Crippen LogP contribution in [0.5, 0.6) is 5.75 Å². The third kappa shape index (κ3) is 3.81. The Balaban J connectivity index is 1.88. The summed E-state index contributed by atoms with van der Waals surface area (Å²) >= 11 is 12.7. The normalized spacial score (nSPS) is 15.2. The molecule has 0 bridgehead atoms. The number of nitriles is 1. The molecule has 0 amide bonds. The number of ether oxygens (including phenoxy) is 1. The van der Waals surface area contributed by atoms with Crippen molar-refractivity contribution in [2.24, 2.45) is 5.73 Å². The third-order valence-electron chi connectivity index (χ3n) is 5.45. The molecule has 3 aromatic rings. The number of fused-ring (bicyclic) bond motifs is 1. The molecule has 0 saturated heterocycles. The standard InChI is InChI=1S/C24H19Cl2N3O2/c1-14-12-19-21(24(30)29(14)11-10-15-6-3-2-4-7-15)20(17(13-27)23(28)31-19)16-8-5-9-18(25)22(16)26/h2-9,12,20H,10-11,28H2,1H3/t20-/m1/s1. The van der Waals surface area contributed by atoms with Crippen molar-refractivity contribution in [3.63, 3.8) is 0 Å². The van der Waals surface area contributed by atoms with Crippen molar-refractivity contribution < 1.29 is 4.74 Å². The lowest BCUT2D eigenvalue weighted by Crippen LogP contribution is -2.33. The fourth-order valence-electron chi connectivity index (χ4n) is 3.90. The average Bonchev–Trinajstić information content (AvgIpc) is 2.75. The number of aromatic nitrogens is 1. The fourth-order valence-corrected chi connectivity index (χ4v) is 4.32. The number of nitrogens with zero attached hydrogens (tertiary/aromatic N) is 2. The first-order chi connectivity index (χ1) is 14.9. The summed E-state index contributed by atoms with van der Waals surface area (Å²) in [6, 6.07) is 18.9. The summed E-state index contributed by atoms with van der Waals surface area (Å²) in [5.41, 5.74) is 8.66. The molecule has 5 nitrogen and oxygen atoms in total. The van der Waals surface area contributed by atoms with Gasteiger partial charge in [-0.15, -0.1) is 0 Å². The minimum absolute atomic E-state index is 0.0446. The smallest absolute Gasteiger partial charge is 0.258 e. The van der Waals surface area contributed by atoms with Gasteiger partial charge in [0.15, 0.2) is 0 Å². The summed E-state index contributed by atoms with van der Waals surface area (Å²) in [4.78, 5) is 13.6. The molecule has 0 aliphatic carbocycles. The summed E-state index contributed by atoms with van der Waals surface area (Å²) in [6.45, 7) is 2.33. The lowest BCUT2D eigenvalue weighted by atomic mass is 9.84. The van der Waals surface area contributed by atoms with Crippen molar-refractivity contribution >= 4 is 23.2 Å². The highest BCUT2D eigenvalue weighted by Gasteiger charge is 2.35. The van der Waals surface area contributed by atoms with Crippen molar-refractivity contribution in [3.05, 3.63) is 109 Å². The molecule has 2 heterocycles. The van der Waals surface area contributed by atoms with Crippen LogP contribution < -0.4 is 16.0 Å². The minimum atomic E-state index is -0.768. The van der Waals surface area contributed by atoms with Crippen LogP contribution in [0, 0.1) is 18.3 Å². The van der Waals surface area contributed by atoms with Gasteiger partial charge in [0.05, 0.1) is 21.5 Å². The molecule has 1 aliphatic rings. The molecule has 1 atom stereocenters. The monoisotopic (exact) mass is 451 g/mol. The molecule has 1 aromatic heterocycles. The van der Waals surface area contributed by atoms with E-state index < -0.39 is 5.92 Å². The Kier molecular flexibility index (Phi) is 5.77. The minimum Gasteiger partial charge on any atom is -0.440 e. The van der Waals surface area contributed by atoms with E-state index in [0.717, 1.165) is 11.3 Å². The molecular formula is C24H19Cl2N3O2. The van der Waals surface area contributed by atoms with Gasteiger partial charge in [0.2, 0.25) is 5.88 Å². The molecule has 4 rings (SSSR count). The van der Waals surface area contributed by atoms with Crippen LogP contribution in [0.2, 0.25) is 10.0 Å². The lowest BCUT2D eigenvalue weighted by molar-refractivity contribution is 0.388. The second-order valence-corrected chi connectivity index (χ2v) is 8.11. The van der Waals surface area contributed by atoms with Crippen LogP contribution in [0.3, 0.4) is 0 Å². The van der Waals surface area contributed by atoms with Crippen molar-refractivity contribution in [2.75, 3.05) is 0 Å². The van der Waals surface area contributed by atoms with E-state index >= 15 is 0 Å². The van der Waals surface area contributed by atoms with Gasteiger partial charge in [0.25, 0.3) is 5.56 Å². The predicted octanol–water partition coefficient (Wildman–Crippen LogP) is 4.92. The Morgan fingerprint density at radius 2 is 1.90 bits per heavy atom. The van der Waals surface area contributed by atoms with Crippen molar-refractivity contribution in [1.29, 1.82) is 5.26 Å². The fraction of sp³-hybridized carbons (Fsp3) is 0.167. The number of hydrogen-bond acceptors (Lipinski definition) is 4. The first kappa shape index (κ1) is 21.0. The van der Waals surface area contributed by atoms with E-state index in [2.05, 4.69) is 6.07 Å². The molecule has 0 fully saturated rings. The van der Waals surface area contributed by atoms with E-state index in [1.165, 1.54) is 0 Å². The van der Waals surface area contributed by atoms with Crippen LogP contribution in [0.4, 0.5) is 0 Å². The molecule has 0 unspecified atom stereocenters. The van der Waals surface area contributed by atoms with Crippen molar-refractivity contribution in [1.82, 2.24) is 4.57 Å². The number of allylic oxidation sites excluding steroid dienone is 1. The molecular weight excluding hydrogens is 433 g/mol. The van der Waals surface area contributed by atoms with Gasteiger partial charge in [-0.1, -0.05) is 65.7 Å². The Hall–Kier alpha value is -3.20. The SMILES string of the molecule is Cc1cc2c(c(=O)n1CCc1ccccc1)[C@H](c1cccc(Cl)c1Cl)C(C#N)=C(N)O2. The van der Waals surface area contributed by atoms with Gasteiger partial charge in [-0.25, -0.2) is 0 Å². The third-order valence-corrected chi connectivity index (χ3v) is 6.28. The maximum atomic E-state index is 13.6. The van der Waals surface area contributed by atoms with E-state index in [4.69, 9.17) is 33.7 Å². The maximum Gasteiger partial charge on any atom is 0.258 e. The zero-order valence-electron chi connectivity index (χ0n) is 16.7. The quantitative estimate of drug-likeness (QED) is 0.609. The number of halogens is 2. The predicted molar refractivity (Wildman–Crippen MR) is 121 cm³/mol. The molecule has 1 aliphatic heterocycles. The van der Waals surface area contributed by atoms with Crippen LogP contribution in [0.1, 0.15) is 28.3 Å². The molecule has 0 spiro atoms. The highest BCUT2D eigenvalue weighted by Crippen LogP contribution is 2.44. The first-order valence-corrected chi connectivity index (χ1v) is 10.5. The zero-order valence-corrected chi connectivity index (χ0v) is 18.2. The number of nitrogens with two attached hydrogens (primary N) is 1. The van der Waals surface area contributed by atoms with Crippen molar-refractivity contribution in [3.8, 4) is 11.8 Å². The Morgan fingerprint density at radius 3 is 2.61 bits per heavy atom. The molecule has 7 heteroatoms. The van der Waals surface area contributed by atoms with E-state index in [0.29, 0.717) is 34.9 Å². The molecule has 156 valence electrons. The Labute approximate surface area is 189 Å². The van der Waals surface area contributed by atoms with Gasteiger partial charge < -0.3 is 15.0 Å². The van der Waals surface area contributed by atoms with E-state index in [9.17, 15) is 10.1 Å². The van der Waals surface area contributed by atoms with Crippen LogP contribution in [0.15, 0.2) is 70.8 Å². The number of hydrogen-bond donors (Lipinski definition) is 1. The Morgan fingerprint density at radius 1 is 1.16 bits per heavy atom. The van der Waals surface area contributed by atoms with E-state index in [-0.39, 0.29) is 22.0 Å². The summed E-state index contributed by atoms with van der Waals surface area (Å²) in [5, 5.41) is 10.4. The van der Waals surface area contributed by atoms with Gasteiger partial charge in [-0.2, -0.15) is 5.26 Å². The number of benzene rings is 2. The number of aryl methyl sites for hydroxylation is 2. The summed E-state index contributed by atoms with van der Waals surface area (Å²) in [6.07, 6.45) is 0.687. The highest BCUT2D eigenvalue weighted by molar-refractivity contribution is 6.42. The maximum absolute atomic E-state index is 13.6. The molecule has 2 N–H and O–H groups in total. The largest absolute Gasteiger partial charge is 0.440 e. The summed E-state index contributed by atoms with van der Waals surface area (Å²) in [7, 11) is 0. The zero-order chi connectivity index (χ0) is 22.1. The molecule has 0 radical (unpaired) electrons. The van der Waals surface area contributed by atoms with Crippen LogP contribution in [0.25, 0.3) is 0 Å². The lowest BCUT2D eigenvalue weighted by Gasteiger charge is -2.28. The van der Waals surface area contributed by atoms with Crippen LogP contribution in [-0.2, 0) is 13.0 Å². The van der Waals surface area contributed by atoms with E-state index in [1.807, 2.05) is 37.3 Å². The van der Waals surface area contributed by atoms with E-state index in [1.54, 1.807) is 28.8 Å². The molecule has 0 saturated carbocycles. The van der Waals surface area contributed by atoms with Gasteiger partial charge in [-0.05, 0) is 30.5 Å². The summed E-state index contributed by atoms with van der Waals surface area (Å²) in [5.74, 6) is -0.482. The van der Waals surface area contributed by atoms with Gasteiger partial charge in [0, 0.05) is 18.3 Å². The van der Waals surface area contributed by atoms with Crippen LogP contribution in [-0.4, -0.2) is 4.57 Å². The van der Waals surface area contributed by atoms with Gasteiger partial charge >= 0.3 is 0 Å². The van der Waals surface area contributed by atoms with Crippen LogP contribution >= 0.6 is 23.2 Å². The molecule has 2 aromatic carbocycles. The average molecular weight is 452 g/mol. The topological polar surface area (TPSA) is 81.0 Å². The highest BCUT2D eigenvalue weighted by atomic mass is 35.5. The summed E-state index contributed by atoms with van der Waals surface area (Å²) < 4.78 is 7.37. The van der Waals surface area contributed by atoms with Gasteiger partial charge in [0.1, 0.15) is 17.4 Å². The molecule has 31 heavy (non-hydrogen) atoms. The first-order valence-electron chi connectivity index (χ1n) is 9.72. The number of rotatable bonds is 4. The number of pyridine rings is 1. The second kappa shape index (κ2) is 8.50.